The van der Waals surface area contributed by atoms with Crippen molar-refractivity contribution in [3.63, 3.8) is 0 Å². The molecule has 1 aromatic rings. The van der Waals surface area contributed by atoms with Gasteiger partial charge in [0.15, 0.2) is 0 Å². The molecule has 0 atom stereocenters. The molecule has 134 valence electrons. The molecule has 4 amide bonds. The van der Waals surface area contributed by atoms with Crippen LogP contribution < -0.4 is 5.32 Å². The number of benzene rings is 1. The number of halogens is 2. The summed E-state index contributed by atoms with van der Waals surface area (Å²) in [6, 6.07) is 3.45. The summed E-state index contributed by atoms with van der Waals surface area (Å²) >= 11 is 5.96. The number of amides is 4. The minimum absolute atomic E-state index is 0.0570. The third kappa shape index (κ3) is 2.86. The summed E-state index contributed by atoms with van der Waals surface area (Å²) in [5.74, 6) is -1.44. The van der Waals surface area contributed by atoms with Crippen molar-refractivity contribution in [3.8, 4) is 0 Å². The average Bonchev–Trinajstić information content (AvgIpc) is 2.78. The minimum atomic E-state index is -0.975. The fraction of sp³-hybridized carbons (Fsp3) is 0.471. The van der Waals surface area contributed by atoms with Gasteiger partial charge in [-0.05, 0) is 38.8 Å². The fourth-order valence-corrected chi connectivity index (χ4v) is 3.64. The van der Waals surface area contributed by atoms with Crippen LogP contribution in [0.4, 0.5) is 9.18 Å². The maximum Gasteiger partial charge on any atom is 0.325 e. The van der Waals surface area contributed by atoms with Gasteiger partial charge in [0, 0.05) is 19.1 Å². The summed E-state index contributed by atoms with van der Waals surface area (Å²) in [7, 11) is 0. The number of carbonyl (C=O) groups excluding carboxylic acids is 3. The third-order valence-corrected chi connectivity index (χ3v) is 5.11. The third-order valence-electron chi connectivity index (χ3n) is 4.79. The molecule has 0 aliphatic carbocycles. The van der Waals surface area contributed by atoms with Gasteiger partial charge in [-0.2, -0.15) is 0 Å². The van der Waals surface area contributed by atoms with Crippen molar-refractivity contribution in [1.82, 2.24) is 15.1 Å². The SMILES string of the molecule is CC(C)N1C(=O)NC2(CCN(C(=O)c3c(F)cccc3Cl)CC2)C1=O. The number of carbonyl (C=O) groups is 3. The molecule has 0 radical (unpaired) electrons. The molecule has 2 aliphatic rings. The Balaban J connectivity index is 1.75. The monoisotopic (exact) mass is 367 g/mol. The first kappa shape index (κ1) is 17.7. The predicted molar refractivity (Wildman–Crippen MR) is 89.8 cm³/mol. The van der Waals surface area contributed by atoms with Crippen LogP contribution in [0, 0.1) is 5.82 Å². The van der Waals surface area contributed by atoms with E-state index in [4.69, 9.17) is 11.6 Å². The highest BCUT2D eigenvalue weighted by Crippen LogP contribution is 2.32. The topological polar surface area (TPSA) is 69.7 Å². The van der Waals surface area contributed by atoms with Gasteiger partial charge in [-0.15, -0.1) is 0 Å². The van der Waals surface area contributed by atoms with Crippen LogP contribution in [0.5, 0.6) is 0 Å². The van der Waals surface area contributed by atoms with Gasteiger partial charge in [-0.1, -0.05) is 17.7 Å². The van der Waals surface area contributed by atoms with E-state index < -0.39 is 23.3 Å². The van der Waals surface area contributed by atoms with Crippen LogP contribution in [0.1, 0.15) is 37.0 Å². The van der Waals surface area contributed by atoms with Crippen molar-refractivity contribution < 1.29 is 18.8 Å². The number of urea groups is 1. The number of hydrogen-bond acceptors (Lipinski definition) is 3. The number of nitrogens with one attached hydrogen (secondary N) is 1. The predicted octanol–water partition coefficient (Wildman–Crippen LogP) is 2.41. The minimum Gasteiger partial charge on any atom is -0.338 e. The Bertz CT molecular complexity index is 724. The van der Waals surface area contributed by atoms with Crippen LogP contribution in [0.25, 0.3) is 0 Å². The molecule has 8 heteroatoms. The van der Waals surface area contributed by atoms with E-state index in [0.717, 1.165) is 0 Å². The zero-order valence-electron chi connectivity index (χ0n) is 14.0. The molecule has 0 unspecified atom stereocenters. The zero-order chi connectivity index (χ0) is 18.4. The quantitative estimate of drug-likeness (QED) is 0.816. The molecule has 3 rings (SSSR count). The Labute approximate surface area is 149 Å². The lowest BCUT2D eigenvalue weighted by Crippen LogP contribution is -2.56. The van der Waals surface area contributed by atoms with Crippen molar-refractivity contribution >= 4 is 29.4 Å². The largest absolute Gasteiger partial charge is 0.338 e. The molecule has 2 saturated heterocycles. The van der Waals surface area contributed by atoms with Crippen molar-refractivity contribution in [2.45, 2.75) is 38.3 Å². The lowest BCUT2D eigenvalue weighted by atomic mass is 9.87. The van der Waals surface area contributed by atoms with Gasteiger partial charge < -0.3 is 10.2 Å². The van der Waals surface area contributed by atoms with Crippen molar-refractivity contribution in [3.05, 3.63) is 34.6 Å². The van der Waals surface area contributed by atoms with Crippen molar-refractivity contribution in [1.29, 1.82) is 0 Å². The first-order valence-corrected chi connectivity index (χ1v) is 8.54. The second-order valence-corrected chi connectivity index (χ2v) is 7.08. The highest BCUT2D eigenvalue weighted by Gasteiger charge is 2.53. The van der Waals surface area contributed by atoms with Crippen LogP contribution in [0.15, 0.2) is 18.2 Å². The Morgan fingerprint density at radius 2 is 1.92 bits per heavy atom. The molecule has 2 fully saturated rings. The van der Waals surface area contributed by atoms with E-state index in [1.54, 1.807) is 13.8 Å². The smallest absolute Gasteiger partial charge is 0.325 e. The number of rotatable bonds is 2. The van der Waals surface area contributed by atoms with E-state index in [1.807, 2.05) is 0 Å². The maximum atomic E-state index is 14.0. The van der Waals surface area contributed by atoms with E-state index in [-0.39, 0.29) is 35.6 Å². The molecular weight excluding hydrogens is 349 g/mol. The Morgan fingerprint density at radius 3 is 2.44 bits per heavy atom. The van der Waals surface area contributed by atoms with Gasteiger partial charge in [0.1, 0.15) is 11.4 Å². The number of hydrogen-bond donors (Lipinski definition) is 1. The molecule has 6 nitrogen and oxygen atoms in total. The van der Waals surface area contributed by atoms with Crippen LogP contribution in [0.3, 0.4) is 0 Å². The first-order valence-electron chi connectivity index (χ1n) is 8.16. The maximum absolute atomic E-state index is 14.0. The van der Waals surface area contributed by atoms with Gasteiger partial charge in [0.25, 0.3) is 11.8 Å². The van der Waals surface area contributed by atoms with Crippen LogP contribution >= 0.6 is 11.6 Å². The van der Waals surface area contributed by atoms with Crippen LogP contribution in [0.2, 0.25) is 5.02 Å². The summed E-state index contributed by atoms with van der Waals surface area (Å²) < 4.78 is 14.0. The van der Waals surface area contributed by atoms with Gasteiger partial charge in [-0.3, -0.25) is 14.5 Å². The molecule has 1 N–H and O–H groups in total. The summed E-state index contributed by atoms with van der Waals surface area (Å²) in [5.41, 5.74) is -1.14. The first-order chi connectivity index (χ1) is 11.8. The number of likely N-dealkylation sites (tertiary alicyclic amines) is 1. The fourth-order valence-electron chi connectivity index (χ4n) is 3.40. The molecule has 0 saturated carbocycles. The summed E-state index contributed by atoms with van der Waals surface area (Å²) in [6.07, 6.45) is 0.581. The molecule has 1 spiro atoms. The van der Waals surface area contributed by atoms with Gasteiger partial charge in [0.2, 0.25) is 0 Å². The lowest BCUT2D eigenvalue weighted by molar-refractivity contribution is -0.133. The summed E-state index contributed by atoms with van der Waals surface area (Å²) in [4.78, 5) is 40.0. The van der Waals surface area contributed by atoms with Gasteiger partial charge >= 0.3 is 6.03 Å². The highest BCUT2D eigenvalue weighted by atomic mass is 35.5. The molecule has 25 heavy (non-hydrogen) atoms. The van der Waals surface area contributed by atoms with Crippen molar-refractivity contribution in [2.24, 2.45) is 0 Å². The lowest BCUT2D eigenvalue weighted by Gasteiger charge is -2.37. The molecule has 1 aromatic carbocycles. The van der Waals surface area contributed by atoms with E-state index in [2.05, 4.69) is 5.32 Å². The Hall–Kier alpha value is -2.15. The molecule has 0 bridgehead atoms. The number of imide groups is 1. The standard InChI is InChI=1S/C17H19ClFN3O3/c1-10(2)22-15(24)17(20-16(22)25)6-8-21(9-7-17)14(23)13-11(18)4-3-5-12(13)19/h3-5,10H,6-9H2,1-2H3,(H,20,25). The van der Waals surface area contributed by atoms with Gasteiger partial charge in [0.05, 0.1) is 10.6 Å². The Kier molecular flexibility index (Phi) is 4.45. The van der Waals surface area contributed by atoms with E-state index in [0.29, 0.717) is 12.8 Å². The van der Waals surface area contributed by atoms with E-state index in [9.17, 15) is 18.8 Å². The number of nitrogens with zero attached hydrogens (tertiary/aromatic N) is 2. The molecular formula is C17H19ClFN3O3. The molecule has 0 aromatic heterocycles. The normalized spacial score (nSPS) is 19.7. The van der Waals surface area contributed by atoms with Gasteiger partial charge in [-0.25, -0.2) is 9.18 Å². The summed E-state index contributed by atoms with van der Waals surface area (Å²) in [5, 5.41) is 2.83. The molecule has 2 aliphatic heterocycles. The van der Waals surface area contributed by atoms with Crippen LogP contribution in [-0.2, 0) is 4.79 Å². The zero-order valence-corrected chi connectivity index (χ0v) is 14.8. The van der Waals surface area contributed by atoms with Crippen LogP contribution in [-0.4, -0.2) is 52.3 Å². The Morgan fingerprint density at radius 1 is 1.28 bits per heavy atom. The second kappa shape index (κ2) is 6.29. The van der Waals surface area contributed by atoms with Crippen molar-refractivity contribution in [2.75, 3.05) is 13.1 Å². The average molecular weight is 368 g/mol. The second-order valence-electron chi connectivity index (χ2n) is 6.67. The van der Waals surface area contributed by atoms with E-state index in [1.165, 1.54) is 28.0 Å². The molecule has 2 heterocycles. The number of piperidine rings is 1. The van der Waals surface area contributed by atoms with E-state index >= 15 is 0 Å². The highest BCUT2D eigenvalue weighted by molar-refractivity contribution is 6.33. The summed E-state index contributed by atoms with van der Waals surface area (Å²) in [6.45, 7) is 4.02.